The summed E-state index contributed by atoms with van der Waals surface area (Å²) < 4.78 is 0. The highest BCUT2D eigenvalue weighted by atomic mass is 15.0. The third-order valence-corrected chi connectivity index (χ3v) is 3.27. The van der Waals surface area contributed by atoms with Gasteiger partial charge in [0, 0.05) is 25.3 Å². The van der Waals surface area contributed by atoms with Crippen LogP contribution in [0.2, 0.25) is 0 Å². The van der Waals surface area contributed by atoms with Crippen molar-refractivity contribution in [2.45, 2.75) is 53.1 Å². The molecule has 3 nitrogen and oxygen atoms in total. The van der Waals surface area contributed by atoms with Crippen LogP contribution < -0.4 is 10.6 Å². The molecule has 0 atom stereocenters. The van der Waals surface area contributed by atoms with Crippen LogP contribution in [0.1, 0.15) is 46.1 Å². The summed E-state index contributed by atoms with van der Waals surface area (Å²) in [6, 6.07) is 4.72. The van der Waals surface area contributed by atoms with Gasteiger partial charge in [-0.25, -0.2) is 4.98 Å². The maximum Gasteiger partial charge on any atom is 0.126 e. The first kappa shape index (κ1) is 15.0. The second kappa shape index (κ2) is 8.09. The number of aromatic nitrogens is 1. The minimum atomic E-state index is 0.513. The lowest BCUT2D eigenvalue weighted by molar-refractivity contribution is 0.518. The molecule has 1 aromatic rings. The average Bonchev–Trinajstić information content (AvgIpc) is 2.38. The Balaban J connectivity index is 2.48. The van der Waals surface area contributed by atoms with Gasteiger partial charge in [0.2, 0.25) is 0 Å². The van der Waals surface area contributed by atoms with Crippen LogP contribution in [0.25, 0.3) is 0 Å². The average molecular weight is 249 g/mol. The van der Waals surface area contributed by atoms with Gasteiger partial charge in [0.15, 0.2) is 0 Å². The molecule has 0 aliphatic carbocycles. The molecule has 0 saturated heterocycles. The first-order chi connectivity index (χ1) is 8.65. The molecule has 0 radical (unpaired) electrons. The van der Waals surface area contributed by atoms with E-state index in [4.69, 9.17) is 0 Å². The van der Waals surface area contributed by atoms with E-state index in [-0.39, 0.29) is 0 Å². The normalized spacial score (nSPS) is 11.2. The molecule has 0 saturated carbocycles. The summed E-state index contributed by atoms with van der Waals surface area (Å²) in [4.78, 5) is 4.37. The molecule has 2 N–H and O–H groups in total. The Morgan fingerprint density at radius 3 is 2.56 bits per heavy atom. The lowest BCUT2D eigenvalue weighted by Gasteiger charge is -2.14. The minimum absolute atomic E-state index is 0.513. The second-order valence-electron chi connectivity index (χ2n) is 5.15. The molecule has 0 fully saturated rings. The molecular formula is C15H27N3. The first-order valence-electron chi connectivity index (χ1n) is 7.07. The monoisotopic (exact) mass is 249 g/mol. The summed E-state index contributed by atoms with van der Waals surface area (Å²) >= 11 is 0. The molecule has 0 spiro atoms. The molecule has 0 aromatic carbocycles. The van der Waals surface area contributed by atoms with Crippen LogP contribution >= 0.6 is 0 Å². The van der Waals surface area contributed by atoms with E-state index < -0.39 is 0 Å². The fourth-order valence-electron chi connectivity index (χ4n) is 1.83. The Kier molecular flexibility index (Phi) is 6.73. The molecule has 1 heterocycles. The van der Waals surface area contributed by atoms with Gasteiger partial charge in [-0.2, -0.15) is 0 Å². The number of hydrogen-bond acceptors (Lipinski definition) is 3. The highest BCUT2D eigenvalue weighted by Gasteiger charge is 2.04. The summed E-state index contributed by atoms with van der Waals surface area (Å²) in [6.07, 6.45) is 4.32. The highest BCUT2D eigenvalue weighted by Crippen LogP contribution is 2.11. The largest absolute Gasteiger partial charge is 0.370 e. The quantitative estimate of drug-likeness (QED) is 0.741. The van der Waals surface area contributed by atoms with Crippen molar-refractivity contribution < 1.29 is 0 Å². The lowest BCUT2D eigenvalue weighted by Crippen LogP contribution is -2.22. The van der Waals surface area contributed by atoms with Gasteiger partial charge in [0.05, 0.1) is 0 Å². The number of rotatable bonds is 8. The van der Waals surface area contributed by atoms with Crippen molar-refractivity contribution in [3.8, 4) is 0 Å². The fourth-order valence-corrected chi connectivity index (χ4v) is 1.83. The van der Waals surface area contributed by atoms with Crippen LogP contribution in [-0.4, -0.2) is 17.6 Å². The van der Waals surface area contributed by atoms with Gasteiger partial charge in [-0.1, -0.05) is 40.5 Å². The number of anilines is 1. The smallest absolute Gasteiger partial charge is 0.126 e. The highest BCUT2D eigenvalue weighted by molar-refractivity contribution is 5.37. The number of hydrogen-bond donors (Lipinski definition) is 2. The summed E-state index contributed by atoms with van der Waals surface area (Å²) in [5.41, 5.74) is 1.28. The zero-order valence-corrected chi connectivity index (χ0v) is 12.2. The van der Waals surface area contributed by atoms with E-state index in [9.17, 15) is 0 Å². The Morgan fingerprint density at radius 2 is 1.94 bits per heavy atom. The van der Waals surface area contributed by atoms with E-state index >= 15 is 0 Å². The van der Waals surface area contributed by atoms with E-state index in [0.29, 0.717) is 6.04 Å². The van der Waals surface area contributed by atoms with E-state index in [2.05, 4.69) is 55.4 Å². The van der Waals surface area contributed by atoms with Gasteiger partial charge in [0.1, 0.15) is 5.82 Å². The standard InChI is InChI=1S/C15H27N3/c1-5-13(6-2)10-18-15-9-14(7-8-16-15)11-17-12(3)4/h7-9,12-13,17H,5-6,10-11H2,1-4H3,(H,16,18). The second-order valence-corrected chi connectivity index (χ2v) is 5.15. The molecule has 1 aromatic heterocycles. The van der Waals surface area contributed by atoms with E-state index in [1.165, 1.54) is 18.4 Å². The Labute approximate surface area is 111 Å². The fraction of sp³-hybridized carbons (Fsp3) is 0.667. The van der Waals surface area contributed by atoms with Crippen LogP contribution in [-0.2, 0) is 6.54 Å². The molecule has 0 amide bonds. The van der Waals surface area contributed by atoms with Crippen molar-refractivity contribution in [1.29, 1.82) is 0 Å². The number of nitrogens with one attached hydrogen (secondary N) is 2. The van der Waals surface area contributed by atoms with Gasteiger partial charge >= 0.3 is 0 Å². The van der Waals surface area contributed by atoms with E-state index in [1.807, 2.05) is 6.20 Å². The van der Waals surface area contributed by atoms with Crippen LogP contribution in [0.5, 0.6) is 0 Å². The summed E-state index contributed by atoms with van der Waals surface area (Å²) in [5.74, 6) is 1.73. The molecule has 102 valence electrons. The predicted octanol–water partition coefficient (Wildman–Crippen LogP) is 3.43. The Bertz CT molecular complexity index is 332. The third-order valence-electron chi connectivity index (χ3n) is 3.27. The maximum atomic E-state index is 4.37. The van der Waals surface area contributed by atoms with Gasteiger partial charge in [-0.05, 0) is 23.6 Å². The Hall–Kier alpha value is -1.09. The summed E-state index contributed by atoms with van der Waals surface area (Å²) in [5, 5.41) is 6.86. The van der Waals surface area contributed by atoms with Crippen molar-refractivity contribution in [1.82, 2.24) is 10.3 Å². The predicted molar refractivity (Wildman–Crippen MR) is 78.8 cm³/mol. The Morgan fingerprint density at radius 1 is 1.22 bits per heavy atom. The molecule has 3 heteroatoms. The number of nitrogens with zero attached hydrogens (tertiary/aromatic N) is 1. The topological polar surface area (TPSA) is 37.0 Å². The molecule has 0 aliphatic rings. The van der Waals surface area contributed by atoms with Gasteiger partial charge in [-0.3, -0.25) is 0 Å². The van der Waals surface area contributed by atoms with Crippen molar-refractivity contribution in [3.63, 3.8) is 0 Å². The zero-order chi connectivity index (χ0) is 13.4. The van der Waals surface area contributed by atoms with E-state index in [0.717, 1.165) is 24.8 Å². The number of pyridine rings is 1. The van der Waals surface area contributed by atoms with Crippen LogP contribution in [0.4, 0.5) is 5.82 Å². The lowest BCUT2D eigenvalue weighted by atomic mass is 10.0. The molecule has 0 bridgehead atoms. The van der Waals surface area contributed by atoms with Crippen molar-refractivity contribution in [2.75, 3.05) is 11.9 Å². The molecule has 0 unspecified atom stereocenters. The zero-order valence-electron chi connectivity index (χ0n) is 12.2. The molecule has 0 aliphatic heterocycles. The summed E-state index contributed by atoms with van der Waals surface area (Å²) in [7, 11) is 0. The van der Waals surface area contributed by atoms with Crippen LogP contribution in [0.3, 0.4) is 0 Å². The van der Waals surface area contributed by atoms with Gasteiger partial charge < -0.3 is 10.6 Å². The van der Waals surface area contributed by atoms with Crippen molar-refractivity contribution in [3.05, 3.63) is 23.9 Å². The van der Waals surface area contributed by atoms with Crippen molar-refractivity contribution in [2.24, 2.45) is 5.92 Å². The SMILES string of the molecule is CCC(CC)CNc1cc(CNC(C)C)ccn1. The van der Waals surface area contributed by atoms with Crippen LogP contribution in [0.15, 0.2) is 18.3 Å². The van der Waals surface area contributed by atoms with Crippen LogP contribution in [0, 0.1) is 5.92 Å². The molecular weight excluding hydrogens is 222 g/mol. The van der Waals surface area contributed by atoms with Gasteiger partial charge in [-0.15, -0.1) is 0 Å². The first-order valence-corrected chi connectivity index (χ1v) is 7.07. The molecule has 18 heavy (non-hydrogen) atoms. The molecule has 1 rings (SSSR count). The van der Waals surface area contributed by atoms with E-state index in [1.54, 1.807) is 0 Å². The van der Waals surface area contributed by atoms with Crippen molar-refractivity contribution >= 4 is 5.82 Å². The third kappa shape index (κ3) is 5.50. The maximum absolute atomic E-state index is 4.37. The van der Waals surface area contributed by atoms with Gasteiger partial charge in [0.25, 0.3) is 0 Å². The minimum Gasteiger partial charge on any atom is -0.370 e. The summed E-state index contributed by atoms with van der Waals surface area (Å²) in [6.45, 7) is 10.7.